The Hall–Kier alpha value is -5.80. The van der Waals surface area contributed by atoms with Crippen LogP contribution in [0.2, 0.25) is 0 Å². The minimum atomic E-state index is 0.250. The lowest BCUT2D eigenvalue weighted by atomic mass is 9.91. The molecule has 3 unspecified atom stereocenters. The molecule has 3 nitrogen and oxygen atoms in total. The summed E-state index contributed by atoms with van der Waals surface area (Å²) in [6.07, 6.45) is 11.6. The molecular weight excluding hydrogens is 609 g/mol. The third-order valence-corrected chi connectivity index (χ3v) is 11.1. The van der Waals surface area contributed by atoms with Crippen LogP contribution in [0.15, 0.2) is 156 Å². The molecule has 0 N–H and O–H groups in total. The number of hydrogen-bond acceptors (Lipinski definition) is 2. The third-order valence-electron chi connectivity index (χ3n) is 11.1. The van der Waals surface area contributed by atoms with Gasteiger partial charge in [-0.3, -0.25) is 0 Å². The van der Waals surface area contributed by atoms with Gasteiger partial charge in [-0.05, 0) is 77.6 Å². The van der Waals surface area contributed by atoms with Gasteiger partial charge in [0.25, 0.3) is 0 Å². The van der Waals surface area contributed by atoms with E-state index < -0.39 is 0 Å². The molecule has 0 fully saturated rings. The molecule has 1 aliphatic carbocycles. The van der Waals surface area contributed by atoms with E-state index >= 15 is 0 Å². The molecule has 1 aliphatic heterocycles. The molecule has 0 bridgehead atoms. The Balaban J connectivity index is 1.11. The summed E-state index contributed by atoms with van der Waals surface area (Å²) in [6.45, 7) is 4.61. The van der Waals surface area contributed by atoms with Crippen molar-refractivity contribution in [3.05, 3.63) is 163 Å². The zero-order valence-corrected chi connectivity index (χ0v) is 28.4. The minimum absolute atomic E-state index is 0.250. The number of aromatic nitrogens is 1. The average molecular weight is 647 g/mol. The second-order valence-corrected chi connectivity index (χ2v) is 14.0. The van der Waals surface area contributed by atoms with Crippen molar-refractivity contribution in [2.75, 3.05) is 4.90 Å². The Morgan fingerprint density at radius 1 is 0.660 bits per heavy atom. The predicted octanol–water partition coefficient (Wildman–Crippen LogP) is 13.0. The van der Waals surface area contributed by atoms with Crippen LogP contribution >= 0.6 is 0 Å². The van der Waals surface area contributed by atoms with E-state index in [2.05, 4.69) is 163 Å². The molecule has 2 aliphatic rings. The minimum Gasteiger partial charge on any atom is -0.455 e. The Morgan fingerprint density at radius 2 is 1.40 bits per heavy atom. The molecule has 3 heterocycles. The highest BCUT2D eigenvalue weighted by molar-refractivity contribution is 6.12. The molecule has 0 saturated heterocycles. The highest BCUT2D eigenvalue weighted by Gasteiger charge is 2.38. The molecule has 0 radical (unpaired) electrons. The first-order chi connectivity index (χ1) is 24.7. The van der Waals surface area contributed by atoms with E-state index in [1.807, 2.05) is 12.1 Å². The molecule has 2 aromatic heterocycles. The van der Waals surface area contributed by atoms with Gasteiger partial charge < -0.3 is 13.9 Å². The van der Waals surface area contributed by atoms with Crippen LogP contribution in [-0.2, 0) is 0 Å². The van der Waals surface area contributed by atoms with Crippen molar-refractivity contribution in [2.24, 2.45) is 0 Å². The number of rotatable bonds is 6. The maximum Gasteiger partial charge on any atom is 0.143 e. The van der Waals surface area contributed by atoms with Gasteiger partial charge in [0.2, 0.25) is 0 Å². The molecule has 0 amide bonds. The van der Waals surface area contributed by atoms with Gasteiger partial charge in [-0.1, -0.05) is 123 Å². The fourth-order valence-corrected chi connectivity index (χ4v) is 8.70. The van der Waals surface area contributed by atoms with Gasteiger partial charge in [-0.2, -0.15) is 0 Å². The van der Waals surface area contributed by atoms with Gasteiger partial charge in [0.05, 0.1) is 17.1 Å². The van der Waals surface area contributed by atoms with E-state index in [1.165, 1.54) is 57.1 Å². The van der Waals surface area contributed by atoms with E-state index in [0.717, 1.165) is 38.8 Å². The normalized spacial score (nSPS) is 17.3. The molecule has 6 aromatic carbocycles. The van der Waals surface area contributed by atoms with Gasteiger partial charge in [0.15, 0.2) is 0 Å². The lowest BCUT2D eigenvalue weighted by Gasteiger charge is -2.29. The Morgan fingerprint density at radius 3 is 2.24 bits per heavy atom. The largest absolute Gasteiger partial charge is 0.455 e. The molecule has 242 valence electrons. The van der Waals surface area contributed by atoms with Crippen LogP contribution in [0, 0.1) is 0 Å². The fourth-order valence-electron chi connectivity index (χ4n) is 8.70. The lowest BCUT2D eigenvalue weighted by molar-refractivity contribution is 0.664. The van der Waals surface area contributed by atoms with Crippen LogP contribution < -0.4 is 4.90 Å². The maximum atomic E-state index is 6.39. The van der Waals surface area contributed by atoms with Crippen LogP contribution in [0.5, 0.6) is 0 Å². The van der Waals surface area contributed by atoms with E-state index in [9.17, 15) is 0 Å². The molecule has 3 heteroatoms. The molecule has 0 spiro atoms. The van der Waals surface area contributed by atoms with Crippen molar-refractivity contribution in [2.45, 2.75) is 44.6 Å². The molecule has 10 rings (SSSR count). The number of allylic oxidation sites excluding steroid dienone is 2. The second-order valence-electron chi connectivity index (χ2n) is 14.0. The lowest BCUT2D eigenvalue weighted by Crippen LogP contribution is -2.28. The van der Waals surface area contributed by atoms with Crippen molar-refractivity contribution >= 4 is 55.1 Å². The highest BCUT2D eigenvalue weighted by atomic mass is 16.3. The van der Waals surface area contributed by atoms with E-state index in [-0.39, 0.29) is 12.0 Å². The maximum absolute atomic E-state index is 6.39. The van der Waals surface area contributed by atoms with Crippen molar-refractivity contribution in [1.29, 1.82) is 0 Å². The van der Waals surface area contributed by atoms with Gasteiger partial charge >= 0.3 is 0 Å². The summed E-state index contributed by atoms with van der Waals surface area (Å²) in [5.41, 5.74) is 13.1. The number of para-hydroxylation sites is 3. The SMILES string of the molecule is CCCC(C)c1ccc(N2c3cc4c5ccccc5n(-c5ccc(-c6cccc7c6oc6ccccc67)cc5)c4cc3C3C=CC=CC32)cc1. The molecule has 3 atom stereocenters. The van der Waals surface area contributed by atoms with Crippen LogP contribution in [0.3, 0.4) is 0 Å². The molecule has 50 heavy (non-hydrogen) atoms. The summed E-state index contributed by atoms with van der Waals surface area (Å²) >= 11 is 0. The van der Waals surface area contributed by atoms with E-state index in [1.54, 1.807) is 0 Å². The number of fused-ring (bicyclic) bond motifs is 9. The zero-order valence-electron chi connectivity index (χ0n) is 28.4. The quantitative estimate of drug-likeness (QED) is 0.179. The Kier molecular flexibility index (Phi) is 6.64. The summed E-state index contributed by atoms with van der Waals surface area (Å²) in [5.74, 6) is 0.861. The summed E-state index contributed by atoms with van der Waals surface area (Å²) in [4.78, 5) is 2.56. The first kappa shape index (κ1) is 29.1. The number of anilines is 2. The fraction of sp³-hybridized carbons (Fsp3) is 0.149. The van der Waals surface area contributed by atoms with Gasteiger partial charge in [0.1, 0.15) is 11.2 Å². The number of hydrogen-bond donors (Lipinski definition) is 0. The summed E-state index contributed by atoms with van der Waals surface area (Å²) in [5, 5.41) is 4.85. The first-order valence-corrected chi connectivity index (χ1v) is 18.0. The smallest absolute Gasteiger partial charge is 0.143 e. The van der Waals surface area contributed by atoms with Crippen molar-refractivity contribution < 1.29 is 4.42 Å². The van der Waals surface area contributed by atoms with E-state index in [4.69, 9.17) is 4.42 Å². The van der Waals surface area contributed by atoms with Crippen LogP contribution in [0.1, 0.15) is 49.7 Å². The monoisotopic (exact) mass is 646 g/mol. The van der Waals surface area contributed by atoms with Gasteiger partial charge in [-0.15, -0.1) is 0 Å². The van der Waals surface area contributed by atoms with Gasteiger partial charge in [-0.25, -0.2) is 0 Å². The summed E-state index contributed by atoms with van der Waals surface area (Å²) < 4.78 is 8.83. The van der Waals surface area contributed by atoms with Crippen LogP contribution in [0.25, 0.3) is 60.6 Å². The third kappa shape index (κ3) is 4.36. The predicted molar refractivity (Wildman–Crippen MR) is 210 cm³/mol. The summed E-state index contributed by atoms with van der Waals surface area (Å²) in [7, 11) is 0. The van der Waals surface area contributed by atoms with Crippen molar-refractivity contribution in [1.82, 2.24) is 4.57 Å². The first-order valence-electron chi connectivity index (χ1n) is 18.0. The van der Waals surface area contributed by atoms with Crippen molar-refractivity contribution in [3.63, 3.8) is 0 Å². The van der Waals surface area contributed by atoms with Crippen LogP contribution in [0.4, 0.5) is 11.4 Å². The van der Waals surface area contributed by atoms with E-state index in [0.29, 0.717) is 5.92 Å². The zero-order chi connectivity index (χ0) is 33.3. The van der Waals surface area contributed by atoms with Crippen molar-refractivity contribution in [3.8, 4) is 16.8 Å². The molecular formula is C47H38N2O. The Bertz CT molecular complexity index is 2630. The van der Waals surface area contributed by atoms with Crippen LogP contribution in [-0.4, -0.2) is 10.6 Å². The second kappa shape index (κ2) is 11.4. The summed E-state index contributed by atoms with van der Waals surface area (Å²) in [6, 6.07) is 47.1. The Labute approximate surface area is 292 Å². The highest BCUT2D eigenvalue weighted by Crippen LogP contribution is 2.50. The average Bonchev–Trinajstić information content (AvgIpc) is 3.82. The number of benzene rings is 6. The molecule has 0 saturated carbocycles. The number of nitrogens with zero attached hydrogens (tertiary/aromatic N) is 2. The standard InChI is InChI=1S/C47H38N2O/c1-3-11-30(2)31-20-24-33(25-21-31)48-42-17-7-4-12-36(42)40-29-45-41(28-44(40)48)37-13-5-8-18-43(37)49(45)34-26-22-32(23-27-34)35-15-10-16-39-38-14-6-9-19-46(38)50-47(35)39/h4-10,12-30,36,42H,3,11H2,1-2H3. The van der Waals surface area contributed by atoms with Gasteiger partial charge in [0, 0.05) is 50.1 Å². The molecule has 8 aromatic rings. The number of furan rings is 1. The topological polar surface area (TPSA) is 21.3 Å².